The SMILES string of the molecule is O=C(O)CCc1ccc([I-]c2ccccc2)cc1. The van der Waals surface area contributed by atoms with Crippen LogP contribution in [0.25, 0.3) is 0 Å². The second kappa shape index (κ2) is 6.54. The summed E-state index contributed by atoms with van der Waals surface area (Å²) >= 11 is -0.123. The van der Waals surface area contributed by atoms with Gasteiger partial charge in [0, 0.05) is 0 Å². The number of carboxylic acids is 1. The van der Waals surface area contributed by atoms with E-state index in [1.54, 1.807) is 0 Å². The molecule has 0 unspecified atom stereocenters. The summed E-state index contributed by atoms with van der Waals surface area (Å²) in [5, 5.41) is 8.63. The normalized spacial score (nSPS) is 10.4. The van der Waals surface area contributed by atoms with Crippen LogP contribution >= 0.6 is 0 Å². The van der Waals surface area contributed by atoms with Crippen LogP contribution < -0.4 is 21.2 Å². The first-order valence-electron chi connectivity index (χ1n) is 5.74. The van der Waals surface area contributed by atoms with E-state index in [1.807, 2.05) is 18.2 Å². The molecule has 3 heteroatoms. The third-order valence-electron chi connectivity index (χ3n) is 2.49. The molecule has 0 bridgehead atoms. The molecular formula is C15H14IO2-. The van der Waals surface area contributed by atoms with Gasteiger partial charge in [-0.1, -0.05) is 0 Å². The Hall–Kier alpha value is -1.36. The van der Waals surface area contributed by atoms with Crippen molar-refractivity contribution in [2.75, 3.05) is 0 Å². The Morgan fingerprint density at radius 3 is 2.17 bits per heavy atom. The van der Waals surface area contributed by atoms with E-state index >= 15 is 0 Å². The van der Waals surface area contributed by atoms with Gasteiger partial charge in [-0.3, -0.25) is 0 Å². The van der Waals surface area contributed by atoms with E-state index in [4.69, 9.17) is 5.11 Å². The topological polar surface area (TPSA) is 37.3 Å². The van der Waals surface area contributed by atoms with Crippen molar-refractivity contribution < 1.29 is 31.1 Å². The van der Waals surface area contributed by atoms with Crippen molar-refractivity contribution in [2.45, 2.75) is 12.8 Å². The Balaban J connectivity index is 1.97. The summed E-state index contributed by atoms with van der Waals surface area (Å²) in [5.74, 6) is -0.740. The molecule has 0 spiro atoms. The molecule has 0 aliphatic heterocycles. The van der Waals surface area contributed by atoms with Crippen molar-refractivity contribution in [3.8, 4) is 0 Å². The molecule has 0 amide bonds. The second-order valence-electron chi connectivity index (χ2n) is 3.91. The van der Waals surface area contributed by atoms with Crippen LogP contribution in [-0.4, -0.2) is 11.1 Å². The second-order valence-corrected chi connectivity index (χ2v) is 6.94. The van der Waals surface area contributed by atoms with Gasteiger partial charge in [-0.15, -0.1) is 0 Å². The fourth-order valence-electron chi connectivity index (χ4n) is 1.57. The first-order chi connectivity index (χ1) is 8.74. The monoisotopic (exact) mass is 353 g/mol. The molecule has 94 valence electrons. The van der Waals surface area contributed by atoms with Gasteiger partial charge in [0.05, 0.1) is 0 Å². The summed E-state index contributed by atoms with van der Waals surface area (Å²) in [7, 11) is 0. The first kappa shape index (κ1) is 13.1. The first-order valence-corrected chi connectivity index (χ1v) is 7.90. The average molecular weight is 353 g/mol. The summed E-state index contributed by atoms with van der Waals surface area (Å²) in [5.41, 5.74) is 1.10. The van der Waals surface area contributed by atoms with E-state index < -0.39 is 5.97 Å². The number of benzene rings is 2. The Bertz CT molecular complexity index is 506. The predicted molar refractivity (Wildman–Crippen MR) is 66.2 cm³/mol. The number of halogens is 1. The van der Waals surface area contributed by atoms with Crippen molar-refractivity contribution in [1.82, 2.24) is 0 Å². The van der Waals surface area contributed by atoms with Gasteiger partial charge in [-0.25, -0.2) is 0 Å². The predicted octanol–water partition coefficient (Wildman–Crippen LogP) is -0.168. The fraction of sp³-hybridized carbons (Fsp3) is 0.133. The Labute approximate surface area is 117 Å². The number of carbonyl (C=O) groups is 1. The van der Waals surface area contributed by atoms with Crippen LogP contribution in [0, 0.1) is 7.14 Å². The van der Waals surface area contributed by atoms with Crippen molar-refractivity contribution in [1.29, 1.82) is 0 Å². The molecule has 1 N–H and O–H groups in total. The van der Waals surface area contributed by atoms with Crippen LogP contribution in [0.2, 0.25) is 0 Å². The maximum atomic E-state index is 10.5. The molecule has 0 aliphatic rings. The molecule has 0 aliphatic carbocycles. The molecular weight excluding hydrogens is 339 g/mol. The maximum absolute atomic E-state index is 10.5. The van der Waals surface area contributed by atoms with Gasteiger partial charge >= 0.3 is 117 Å². The number of hydrogen-bond donors (Lipinski definition) is 1. The van der Waals surface area contributed by atoms with Crippen LogP contribution in [0.1, 0.15) is 12.0 Å². The van der Waals surface area contributed by atoms with E-state index in [1.165, 1.54) is 7.14 Å². The van der Waals surface area contributed by atoms with E-state index in [0.717, 1.165) is 5.56 Å². The summed E-state index contributed by atoms with van der Waals surface area (Å²) in [6.45, 7) is 0. The number of hydrogen-bond acceptors (Lipinski definition) is 1. The van der Waals surface area contributed by atoms with Gasteiger partial charge in [-0.05, 0) is 0 Å². The van der Waals surface area contributed by atoms with Crippen molar-refractivity contribution in [2.24, 2.45) is 0 Å². The number of aliphatic carboxylic acids is 1. The Morgan fingerprint density at radius 2 is 1.56 bits per heavy atom. The number of aryl methyl sites for hydroxylation is 1. The zero-order valence-corrected chi connectivity index (χ0v) is 12.0. The van der Waals surface area contributed by atoms with E-state index in [0.29, 0.717) is 6.42 Å². The van der Waals surface area contributed by atoms with Gasteiger partial charge in [0.1, 0.15) is 0 Å². The average Bonchev–Trinajstić information content (AvgIpc) is 2.39. The van der Waals surface area contributed by atoms with Gasteiger partial charge in [0.2, 0.25) is 0 Å². The third-order valence-corrected chi connectivity index (χ3v) is 5.18. The third kappa shape index (κ3) is 4.14. The summed E-state index contributed by atoms with van der Waals surface area (Å²) in [4.78, 5) is 10.5. The molecule has 2 rings (SSSR count). The molecule has 0 aromatic heterocycles. The molecule has 2 nitrogen and oxygen atoms in total. The van der Waals surface area contributed by atoms with Gasteiger partial charge in [0.15, 0.2) is 0 Å². The molecule has 18 heavy (non-hydrogen) atoms. The molecule has 2 aromatic rings. The van der Waals surface area contributed by atoms with Gasteiger partial charge in [0.25, 0.3) is 0 Å². The summed E-state index contributed by atoms with van der Waals surface area (Å²) in [6, 6.07) is 18.8. The van der Waals surface area contributed by atoms with Crippen LogP contribution in [-0.2, 0) is 11.2 Å². The zero-order valence-electron chi connectivity index (χ0n) is 9.84. The molecule has 0 saturated heterocycles. The fourth-order valence-corrected chi connectivity index (χ4v) is 3.78. The quantitative estimate of drug-likeness (QED) is 0.759. The van der Waals surface area contributed by atoms with Crippen LogP contribution in [0.4, 0.5) is 0 Å². The van der Waals surface area contributed by atoms with Crippen molar-refractivity contribution in [3.63, 3.8) is 0 Å². The Kier molecular flexibility index (Phi) is 4.75. The molecule has 2 aromatic carbocycles. The van der Waals surface area contributed by atoms with Gasteiger partial charge in [-0.2, -0.15) is 0 Å². The van der Waals surface area contributed by atoms with E-state index in [2.05, 4.69) is 36.4 Å². The molecule has 0 saturated carbocycles. The zero-order chi connectivity index (χ0) is 12.8. The number of carboxylic acid groups (broad SMARTS) is 1. The van der Waals surface area contributed by atoms with Crippen molar-refractivity contribution in [3.05, 3.63) is 67.3 Å². The minimum absolute atomic E-state index is 0.123. The Morgan fingerprint density at radius 1 is 0.944 bits per heavy atom. The van der Waals surface area contributed by atoms with Crippen LogP contribution in [0.3, 0.4) is 0 Å². The van der Waals surface area contributed by atoms with Crippen LogP contribution in [0.15, 0.2) is 54.6 Å². The molecule has 0 fully saturated rings. The van der Waals surface area contributed by atoms with E-state index in [9.17, 15) is 4.79 Å². The summed E-state index contributed by atoms with van der Waals surface area (Å²) in [6.07, 6.45) is 0.812. The molecule has 0 heterocycles. The minimum atomic E-state index is -0.740. The van der Waals surface area contributed by atoms with Crippen molar-refractivity contribution >= 4 is 5.97 Å². The van der Waals surface area contributed by atoms with Crippen LogP contribution in [0.5, 0.6) is 0 Å². The van der Waals surface area contributed by atoms with Gasteiger partial charge < -0.3 is 0 Å². The molecule has 0 radical (unpaired) electrons. The number of rotatable bonds is 5. The standard InChI is InChI=1S/C15H14IO2/c17-15(18)11-8-12-6-9-14(10-7-12)16-13-4-2-1-3-5-13/h1-7,9-10H,8,11H2,(H,17,18)/q-1. The molecule has 0 atom stereocenters. The summed E-state index contributed by atoms with van der Waals surface area (Å²) < 4.78 is 2.76. The van der Waals surface area contributed by atoms with E-state index in [-0.39, 0.29) is 27.6 Å².